The normalized spacial score (nSPS) is 28.8. The van der Waals surface area contributed by atoms with Gasteiger partial charge in [-0.2, -0.15) is 5.10 Å². The molecule has 28 heavy (non-hydrogen) atoms. The summed E-state index contributed by atoms with van der Waals surface area (Å²) >= 11 is 0. The number of hydrazone groups is 1. The number of pyridine rings is 1. The summed E-state index contributed by atoms with van der Waals surface area (Å²) in [4.78, 5) is 29.1. The summed E-state index contributed by atoms with van der Waals surface area (Å²) in [7, 11) is 0. The highest BCUT2D eigenvalue weighted by Gasteiger charge is 2.49. The molecule has 1 fully saturated rings. The number of carbonyl (C=O) groups is 1. The Morgan fingerprint density at radius 1 is 1.36 bits per heavy atom. The van der Waals surface area contributed by atoms with Crippen molar-refractivity contribution in [2.24, 2.45) is 10.1 Å². The zero-order valence-corrected chi connectivity index (χ0v) is 15.0. The maximum absolute atomic E-state index is 14.0. The molecule has 1 saturated heterocycles. The molecule has 0 aromatic carbocycles. The molecule has 1 N–H and O–H groups in total. The molecule has 0 aliphatic carbocycles. The van der Waals surface area contributed by atoms with Crippen LogP contribution in [0.2, 0.25) is 0 Å². The van der Waals surface area contributed by atoms with Gasteiger partial charge in [-0.25, -0.2) is 24.9 Å². The SMILES string of the molecule is O=C1NOCCOc2ncc(F)cc2[C@H]2CCCN2C2=NC13CC=NN3C=C2. The number of aromatic nitrogens is 1. The first kappa shape index (κ1) is 17.1. The Kier molecular flexibility index (Phi) is 4.00. The maximum atomic E-state index is 14.0. The van der Waals surface area contributed by atoms with E-state index in [0.717, 1.165) is 25.6 Å². The number of hydrogen-bond acceptors (Lipinski definition) is 8. The zero-order valence-electron chi connectivity index (χ0n) is 15.0. The van der Waals surface area contributed by atoms with Crippen LogP contribution in [0.15, 0.2) is 34.6 Å². The number of carbonyl (C=O) groups excluding carboxylic acids is 1. The number of aliphatic imine (C=N–C) groups is 1. The molecule has 4 aliphatic rings. The smallest absolute Gasteiger partial charge is 0.294 e. The highest BCUT2D eigenvalue weighted by Crippen LogP contribution is 2.39. The lowest BCUT2D eigenvalue weighted by atomic mass is 10.0. The molecule has 5 heterocycles. The second-order valence-electron chi connectivity index (χ2n) is 6.98. The molecule has 10 heteroatoms. The molecule has 0 radical (unpaired) electrons. The van der Waals surface area contributed by atoms with E-state index in [9.17, 15) is 9.18 Å². The van der Waals surface area contributed by atoms with Gasteiger partial charge in [-0.15, -0.1) is 0 Å². The molecule has 1 unspecified atom stereocenters. The molecule has 1 aromatic heterocycles. The number of ether oxygens (including phenoxy) is 1. The Labute approximate surface area is 160 Å². The monoisotopic (exact) mass is 386 g/mol. The van der Waals surface area contributed by atoms with Crippen LogP contribution in [0.1, 0.15) is 30.9 Å². The molecular formula is C18H19FN6O3. The Bertz CT molecular complexity index is 903. The summed E-state index contributed by atoms with van der Waals surface area (Å²) < 4.78 is 19.7. The van der Waals surface area contributed by atoms with Gasteiger partial charge in [-0.3, -0.25) is 9.63 Å². The van der Waals surface area contributed by atoms with Crippen LogP contribution < -0.4 is 10.2 Å². The minimum atomic E-state index is -1.21. The number of amidine groups is 1. The van der Waals surface area contributed by atoms with Crippen LogP contribution in [0.4, 0.5) is 4.39 Å². The number of hydroxylamine groups is 1. The minimum Gasteiger partial charge on any atom is -0.475 e. The van der Waals surface area contributed by atoms with Crippen LogP contribution in [0.25, 0.3) is 0 Å². The quantitative estimate of drug-likeness (QED) is 0.718. The van der Waals surface area contributed by atoms with Crippen LogP contribution in [0, 0.1) is 5.82 Å². The van der Waals surface area contributed by atoms with Gasteiger partial charge in [0, 0.05) is 30.9 Å². The molecule has 4 aliphatic heterocycles. The lowest BCUT2D eigenvalue weighted by Crippen LogP contribution is -2.54. The van der Waals surface area contributed by atoms with Gasteiger partial charge < -0.3 is 9.64 Å². The molecule has 9 nitrogen and oxygen atoms in total. The summed E-state index contributed by atoms with van der Waals surface area (Å²) in [6, 6.07) is 1.32. The number of halogens is 1. The number of fused-ring (bicyclic) bond motifs is 4. The second-order valence-corrected chi connectivity index (χ2v) is 6.98. The molecule has 5 rings (SSSR count). The third-order valence-corrected chi connectivity index (χ3v) is 5.33. The molecule has 2 bridgehead atoms. The summed E-state index contributed by atoms with van der Waals surface area (Å²) in [5, 5.41) is 5.77. The van der Waals surface area contributed by atoms with Gasteiger partial charge in [0.1, 0.15) is 24.9 Å². The van der Waals surface area contributed by atoms with Gasteiger partial charge in [-0.1, -0.05) is 0 Å². The largest absolute Gasteiger partial charge is 0.475 e. The minimum absolute atomic E-state index is 0.113. The third-order valence-electron chi connectivity index (χ3n) is 5.33. The van der Waals surface area contributed by atoms with Crippen LogP contribution in [0.5, 0.6) is 5.88 Å². The van der Waals surface area contributed by atoms with Gasteiger partial charge in [0.25, 0.3) is 5.91 Å². The van der Waals surface area contributed by atoms with E-state index in [1.54, 1.807) is 12.4 Å². The Balaban J connectivity index is 1.60. The standard InChI is InChI=1S/C18H19FN6O3/c19-12-10-13-14-2-1-6-24(14)15-3-7-25-18(22-15,4-5-21-25)17(26)23-28-9-8-27-16(13)20-11-12/h3,5,7,10-11,14H,1-2,4,6,8-9H2,(H,23,26)/t14-,18?/m1/s1. The van der Waals surface area contributed by atoms with Crippen LogP contribution in [-0.4, -0.2) is 58.3 Å². The second kappa shape index (κ2) is 6.55. The maximum Gasteiger partial charge on any atom is 0.294 e. The van der Waals surface area contributed by atoms with E-state index in [1.165, 1.54) is 11.1 Å². The van der Waals surface area contributed by atoms with Crippen molar-refractivity contribution in [3.05, 3.63) is 35.9 Å². The first-order chi connectivity index (χ1) is 13.7. The van der Waals surface area contributed by atoms with Crippen LogP contribution in [-0.2, 0) is 9.63 Å². The summed E-state index contributed by atoms with van der Waals surface area (Å²) in [5.74, 6) is 0.199. The highest BCUT2D eigenvalue weighted by atomic mass is 19.1. The molecule has 146 valence electrons. The molecule has 1 amide bonds. The number of rotatable bonds is 0. The van der Waals surface area contributed by atoms with Gasteiger partial charge in [0.15, 0.2) is 0 Å². The van der Waals surface area contributed by atoms with E-state index in [2.05, 4.69) is 20.5 Å². The first-order valence-electron chi connectivity index (χ1n) is 9.24. The van der Waals surface area contributed by atoms with E-state index < -0.39 is 17.4 Å². The predicted molar refractivity (Wildman–Crippen MR) is 96.7 cm³/mol. The van der Waals surface area contributed by atoms with E-state index in [1.807, 2.05) is 6.08 Å². The number of amides is 1. The Morgan fingerprint density at radius 2 is 2.29 bits per heavy atom. The fourth-order valence-electron chi connectivity index (χ4n) is 4.02. The Hall–Kier alpha value is -3.01. The fourth-order valence-corrected chi connectivity index (χ4v) is 4.02. The summed E-state index contributed by atoms with van der Waals surface area (Å²) in [6.45, 7) is 1.01. The zero-order chi connectivity index (χ0) is 19.1. The summed E-state index contributed by atoms with van der Waals surface area (Å²) in [5.41, 5.74) is 1.91. The lowest BCUT2D eigenvalue weighted by molar-refractivity contribution is -0.144. The van der Waals surface area contributed by atoms with E-state index in [4.69, 9.17) is 14.6 Å². The van der Waals surface area contributed by atoms with Crippen LogP contribution in [0.3, 0.4) is 0 Å². The average Bonchev–Trinajstić information content (AvgIpc) is 3.35. The van der Waals surface area contributed by atoms with Crippen molar-refractivity contribution < 1.29 is 18.8 Å². The van der Waals surface area contributed by atoms with Crippen molar-refractivity contribution in [1.82, 2.24) is 20.4 Å². The number of nitrogens with zero attached hydrogens (tertiary/aromatic N) is 5. The third kappa shape index (κ3) is 2.63. The average molecular weight is 386 g/mol. The van der Waals surface area contributed by atoms with Crippen molar-refractivity contribution in [2.45, 2.75) is 31.0 Å². The van der Waals surface area contributed by atoms with Crippen molar-refractivity contribution >= 4 is 18.0 Å². The topological polar surface area (TPSA) is 91.7 Å². The molecular weight excluding hydrogens is 367 g/mol. The van der Waals surface area contributed by atoms with E-state index in [-0.39, 0.29) is 19.3 Å². The Morgan fingerprint density at radius 3 is 3.21 bits per heavy atom. The van der Waals surface area contributed by atoms with Crippen LogP contribution >= 0.6 is 0 Å². The summed E-state index contributed by atoms with van der Waals surface area (Å²) in [6.07, 6.45) is 8.41. The highest BCUT2D eigenvalue weighted by molar-refractivity contribution is 6.00. The fraction of sp³-hybridized carbons (Fsp3) is 0.444. The predicted octanol–water partition coefficient (Wildman–Crippen LogP) is 1.11. The van der Waals surface area contributed by atoms with Crippen molar-refractivity contribution in [3.8, 4) is 5.88 Å². The molecule has 1 aromatic rings. The van der Waals surface area contributed by atoms with Gasteiger partial charge >= 0.3 is 0 Å². The van der Waals surface area contributed by atoms with Gasteiger partial charge in [0.2, 0.25) is 11.5 Å². The molecule has 2 atom stereocenters. The van der Waals surface area contributed by atoms with Gasteiger partial charge in [0.05, 0.1) is 12.2 Å². The van der Waals surface area contributed by atoms with Gasteiger partial charge in [-0.05, 0) is 25.0 Å². The number of nitrogens with one attached hydrogen (secondary N) is 1. The lowest BCUT2D eigenvalue weighted by Gasteiger charge is -2.36. The van der Waals surface area contributed by atoms with Crippen molar-refractivity contribution in [1.29, 1.82) is 0 Å². The molecule has 0 saturated carbocycles. The van der Waals surface area contributed by atoms with Crippen molar-refractivity contribution in [3.63, 3.8) is 0 Å². The molecule has 1 spiro atoms. The van der Waals surface area contributed by atoms with E-state index in [0.29, 0.717) is 23.7 Å². The first-order valence-corrected chi connectivity index (χ1v) is 9.24. The van der Waals surface area contributed by atoms with Crippen molar-refractivity contribution in [2.75, 3.05) is 19.8 Å². The van der Waals surface area contributed by atoms with E-state index >= 15 is 0 Å². The number of hydrogen-bond donors (Lipinski definition) is 1.